The highest BCUT2D eigenvalue weighted by Gasteiger charge is 2.33. The van der Waals surface area contributed by atoms with E-state index in [1.807, 2.05) is 0 Å². The van der Waals surface area contributed by atoms with Crippen molar-refractivity contribution < 1.29 is 23.8 Å². The van der Waals surface area contributed by atoms with Crippen LogP contribution in [0.15, 0.2) is 69.6 Å². The van der Waals surface area contributed by atoms with Crippen LogP contribution in [-0.2, 0) is 19.1 Å². The summed E-state index contributed by atoms with van der Waals surface area (Å²) in [6, 6.07) is 13.3. The Labute approximate surface area is 228 Å². The third-order valence-electron chi connectivity index (χ3n) is 5.61. The lowest BCUT2D eigenvalue weighted by molar-refractivity contribution is -0.145. The number of ether oxygens (including phenoxy) is 3. The summed E-state index contributed by atoms with van der Waals surface area (Å²) in [7, 11) is 0. The van der Waals surface area contributed by atoms with Crippen molar-refractivity contribution in [1.82, 2.24) is 4.57 Å². The molecular formula is C28H27ClN2O6S. The van der Waals surface area contributed by atoms with Crippen LogP contribution >= 0.6 is 22.9 Å². The Bertz CT molecular complexity index is 1550. The molecule has 0 amide bonds. The molecular weight excluding hydrogens is 528 g/mol. The molecule has 0 saturated carbocycles. The quantitative estimate of drug-likeness (QED) is 0.393. The van der Waals surface area contributed by atoms with Gasteiger partial charge in [0.2, 0.25) is 0 Å². The van der Waals surface area contributed by atoms with Gasteiger partial charge in [-0.25, -0.2) is 14.6 Å². The van der Waals surface area contributed by atoms with Crippen LogP contribution in [-0.4, -0.2) is 35.8 Å². The second-order valence-electron chi connectivity index (χ2n) is 8.75. The number of hydrogen-bond acceptors (Lipinski definition) is 8. The van der Waals surface area contributed by atoms with Crippen LogP contribution in [0.5, 0.6) is 5.75 Å². The van der Waals surface area contributed by atoms with Crippen molar-refractivity contribution in [3.05, 3.63) is 95.6 Å². The smallest absolute Gasteiger partial charge is 0.344 e. The molecule has 10 heteroatoms. The molecule has 0 fully saturated rings. The summed E-state index contributed by atoms with van der Waals surface area (Å²) in [5, 5.41) is 0.544. The van der Waals surface area contributed by atoms with E-state index < -0.39 is 18.0 Å². The Balaban J connectivity index is 1.73. The number of hydrogen-bond donors (Lipinski definition) is 0. The van der Waals surface area contributed by atoms with Gasteiger partial charge in [-0.05, 0) is 69.2 Å². The third kappa shape index (κ3) is 6.06. The zero-order chi connectivity index (χ0) is 27.4. The van der Waals surface area contributed by atoms with Gasteiger partial charge in [0, 0.05) is 5.02 Å². The van der Waals surface area contributed by atoms with Crippen molar-refractivity contribution >= 4 is 41.0 Å². The van der Waals surface area contributed by atoms with Gasteiger partial charge in [-0.3, -0.25) is 9.36 Å². The van der Waals surface area contributed by atoms with E-state index in [4.69, 9.17) is 25.8 Å². The summed E-state index contributed by atoms with van der Waals surface area (Å²) in [6.45, 7) is 7.12. The molecule has 3 aromatic rings. The van der Waals surface area contributed by atoms with Crippen molar-refractivity contribution in [3.8, 4) is 5.75 Å². The molecule has 2 aromatic carbocycles. The number of esters is 2. The molecule has 0 aliphatic carbocycles. The summed E-state index contributed by atoms with van der Waals surface area (Å²) in [5.74, 6) is -0.461. The molecule has 38 heavy (non-hydrogen) atoms. The molecule has 0 bridgehead atoms. The fourth-order valence-electron chi connectivity index (χ4n) is 3.98. The number of rotatable bonds is 8. The average Bonchev–Trinajstić information content (AvgIpc) is 3.17. The molecule has 8 nitrogen and oxygen atoms in total. The molecule has 1 atom stereocenters. The van der Waals surface area contributed by atoms with Gasteiger partial charge in [-0.1, -0.05) is 47.2 Å². The number of halogens is 1. The maximum Gasteiger partial charge on any atom is 0.344 e. The molecule has 198 valence electrons. The van der Waals surface area contributed by atoms with Crippen LogP contribution in [0.3, 0.4) is 0 Å². The molecule has 1 aromatic heterocycles. The molecule has 0 radical (unpaired) electrons. The van der Waals surface area contributed by atoms with Gasteiger partial charge in [0.25, 0.3) is 5.56 Å². The topological polar surface area (TPSA) is 96.2 Å². The second kappa shape index (κ2) is 11.8. The van der Waals surface area contributed by atoms with E-state index in [-0.39, 0.29) is 24.9 Å². The number of carbonyl (C=O) groups excluding carboxylic acids is 2. The van der Waals surface area contributed by atoms with Crippen molar-refractivity contribution in [2.75, 3.05) is 13.2 Å². The molecule has 0 saturated heterocycles. The maximum atomic E-state index is 13.7. The Morgan fingerprint density at radius 3 is 2.45 bits per heavy atom. The number of nitrogens with zero attached hydrogens (tertiary/aromatic N) is 2. The van der Waals surface area contributed by atoms with E-state index in [1.165, 1.54) is 15.9 Å². The zero-order valence-corrected chi connectivity index (χ0v) is 23.0. The van der Waals surface area contributed by atoms with E-state index in [9.17, 15) is 14.4 Å². The van der Waals surface area contributed by atoms with Crippen LogP contribution in [0.1, 0.15) is 44.9 Å². The summed E-state index contributed by atoms with van der Waals surface area (Å²) in [4.78, 5) is 43.4. The first kappa shape index (κ1) is 27.3. The van der Waals surface area contributed by atoms with Gasteiger partial charge in [-0.15, -0.1) is 0 Å². The molecule has 1 aliphatic rings. The first-order chi connectivity index (χ1) is 18.2. The lowest BCUT2D eigenvalue weighted by Crippen LogP contribution is -2.40. The van der Waals surface area contributed by atoms with Crippen LogP contribution in [0.25, 0.3) is 6.08 Å². The Hall–Kier alpha value is -3.69. The number of benzene rings is 2. The van der Waals surface area contributed by atoms with E-state index in [0.717, 1.165) is 11.1 Å². The van der Waals surface area contributed by atoms with Gasteiger partial charge in [0.05, 0.1) is 34.6 Å². The fourth-order valence-corrected chi connectivity index (χ4v) is 5.15. The summed E-state index contributed by atoms with van der Waals surface area (Å²) >= 11 is 7.34. The Kier molecular flexibility index (Phi) is 8.48. The minimum absolute atomic E-state index is 0.183. The minimum atomic E-state index is -0.712. The SMILES string of the molecule is CCOC(=O)COc1ccc(C=c2sc3n(c2=O)C(c2ccc(Cl)cc2)C(C(=O)OC(C)C)=C(C)N=3)cc1. The van der Waals surface area contributed by atoms with Crippen LogP contribution in [0.4, 0.5) is 0 Å². The van der Waals surface area contributed by atoms with Crippen molar-refractivity contribution in [2.24, 2.45) is 4.99 Å². The predicted molar refractivity (Wildman–Crippen MR) is 145 cm³/mol. The van der Waals surface area contributed by atoms with E-state index in [1.54, 1.807) is 82.3 Å². The molecule has 1 aliphatic heterocycles. The molecule has 1 unspecified atom stereocenters. The molecule has 4 rings (SSSR count). The predicted octanol–water partition coefficient (Wildman–Crippen LogP) is 3.78. The van der Waals surface area contributed by atoms with Gasteiger partial charge in [0.1, 0.15) is 5.75 Å². The third-order valence-corrected chi connectivity index (χ3v) is 6.84. The minimum Gasteiger partial charge on any atom is -0.482 e. The van der Waals surface area contributed by atoms with Gasteiger partial charge >= 0.3 is 11.9 Å². The second-order valence-corrected chi connectivity index (χ2v) is 10.2. The fraction of sp³-hybridized carbons (Fsp3) is 0.286. The number of thiazole rings is 1. The number of fused-ring (bicyclic) bond motifs is 1. The summed E-state index contributed by atoms with van der Waals surface area (Å²) in [6.07, 6.45) is 1.42. The molecule has 0 N–H and O–H groups in total. The number of carbonyl (C=O) groups is 2. The highest BCUT2D eigenvalue weighted by Crippen LogP contribution is 2.31. The molecule has 0 spiro atoms. The lowest BCUT2D eigenvalue weighted by atomic mass is 9.96. The standard InChI is InChI=1S/C28H27ClN2O6S/c1-5-35-23(32)15-36-21-12-6-18(7-13-21)14-22-26(33)31-25(19-8-10-20(29)11-9-19)24(27(34)37-16(2)3)17(4)30-28(31)38-22/h6-14,16,25H,5,15H2,1-4H3. The van der Waals surface area contributed by atoms with E-state index >= 15 is 0 Å². The van der Waals surface area contributed by atoms with Crippen molar-refractivity contribution in [2.45, 2.75) is 39.8 Å². The normalized spacial score (nSPS) is 15.2. The maximum absolute atomic E-state index is 13.7. The first-order valence-corrected chi connectivity index (χ1v) is 13.2. The highest BCUT2D eigenvalue weighted by molar-refractivity contribution is 7.07. The zero-order valence-electron chi connectivity index (χ0n) is 21.4. The van der Waals surface area contributed by atoms with E-state index in [0.29, 0.717) is 31.4 Å². The van der Waals surface area contributed by atoms with Gasteiger partial charge in [-0.2, -0.15) is 0 Å². The van der Waals surface area contributed by atoms with Gasteiger partial charge < -0.3 is 14.2 Å². The average molecular weight is 555 g/mol. The van der Waals surface area contributed by atoms with Crippen molar-refractivity contribution in [3.63, 3.8) is 0 Å². The van der Waals surface area contributed by atoms with Crippen LogP contribution in [0, 0.1) is 0 Å². The van der Waals surface area contributed by atoms with Gasteiger partial charge in [0.15, 0.2) is 11.4 Å². The Morgan fingerprint density at radius 1 is 1.13 bits per heavy atom. The van der Waals surface area contributed by atoms with Crippen LogP contribution < -0.4 is 19.6 Å². The number of allylic oxidation sites excluding steroid dienone is 1. The number of aromatic nitrogens is 1. The summed E-state index contributed by atoms with van der Waals surface area (Å²) in [5.41, 5.74) is 2.00. The molecule has 2 heterocycles. The monoisotopic (exact) mass is 554 g/mol. The van der Waals surface area contributed by atoms with E-state index in [2.05, 4.69) is 4.99 Å². The van der Waals surface area contributed by atoms with Crippen LogP contribution in [0.2, 0.25) is 5.02 Å². The summed E-state index contributed by atoms with van der Waals surface area (Å²) < 4.78 is 17.8. The highest BCUT2D eigenvalue weighted by atomic mass is 35.5. The lowest BCUT2D eigenvalue weighted by Gasteiger charge is -2.25. The van der Waals surface area contributed by atoms with Crippen molar-refractivity contribution in [1.29, 1.82) is 0 Å². The largest absolute Gasteiger partial charge is 0.482 e. The first-order valence-electron chi connectivity index (χ1n) is 12.1. The Morgan fingerprint density at radius 2 is 1.82 bits per heavy atom.